The molecule has 1 unspecified atom stereocenters. The Morgan fingerprint density at radius 1 is 1.02 bits per heavy atom. The highest BCUT2D eigenvalue weighted by atomic mass is 35.5. The zero-order valence-corrected chi connectivity index (χ0v) is 24.1. The molecule has 1 amide bonds. The molecule has 1 fully saturated rings. The molecule has 3 aromatic rings. The van der Waals surface area contributed by atoms with Crippen LogP contribution in [0.25, 0.3) is 5.57 Å². The summed E-state index contributed by atoms with van der Waals surface area (Å²) < 4.78 is 17.0. The SMILES string of the molecule is COc1cc(Cl)ccc1OCCOc1ccc(C2=C(C(=O)NC(c3cccc(C)c3C)C3CC3)CNCC2)cc1. The zero-order chi connectivity index (χ0) is 28.1. The Labute approximate surface area is 241 Å². The van der Waals surface area contributed by atoms with Crippen LogP contribution in [0.4, 0.5) is 0 Å². The molecule has 1 aliphatic carbocycles. The first-order valence-corrected chi connectivity index (χ1v) is 14.3. The highest BCUT2D eigenvalue weighted by Gasteiger charge is 2.35. The molecule has 1 aliphatic heterocycles. The van der Waals surface area contributed by atoms with Gasteiger partial charge in [0.1, 0.15) is 19.0 Å². The second-order valence-corrected chi connectivity index (χ2v) is 10.9. The van der Waals surface area contributed by atoms with Crippen molar-refractivity contribution < 1.29 is 19.0 Å². The van der Waals surface area contributed by atoms with Crippen molar-refractivity contribution in [2.75, 3.05) is 33.4 Å². The van der Waals surface area contributed by atoms with Gasteiger partial charge in [0.2, 0.25) is 5.91 Å². The number of hydrogen-bond acceptors (Lipinski definition) is 5. The average molecular weight is 561 g/mol. The molecule has 0 aromatic heterocycles. The number of methoxy groups -OCH3 is 1. The largest absolute Gasteiger partial charge is 0.493 e. The van der Waals surface area contributed by atoms with Gasteiger partial charge in [0.05, 0.1) is 13.2 Å². The Hall–Kier alpha value is -3.48. The molecule has 1 saturated carbocycles. The van der Waals surface area contributed by atoms with E-state index in [-0.39, 0.29) is 11.9 Å². The Kier molecular flexibility index (Phi) is 8.98. The maximum absolute atomic E-state index is 13.7. The molecule has 6 nitrogen and oxygen atoms in total. The number of carbonyl (C=O) groups excluding carboxylic acids is 1. The van der Waals surface area contributed by atoms with Crippen LogP contribution in [0.3, 0.4) is 0 Å². The van der Waals surface area contributed by atoms with Gasteiger partial charge in [0.25, 0.3) is 0 Å². The molecule has 210 valence electrons. The third-order valence-corrected chi connectivity index (χ3v) is 8.03. The second-order valence-electron chi connectivity index (χ2n) is 10.5. The van der Waals surface area contributed by atoms with Gasteiger partial charge < -0.3 is 24.8 Å². The van der Waals surface area contributed by atoms with Gasteiger partial charge in [-0.2, -0.15) is 0 Å². The fourth-order valence-corrected chi connectivity index (χ4v) is 5.42. The van der Waals surface area contributed by atoms with Gasteiger partial charge in [-0.05, 0) is 97.7 Å². The minimum atomic E-state index is 0.0232. The number of halogens is 1. The summed E-state index contributed by atoms with van der Waals surface area (Å²) in [6.07, 6.45) is 3.11. The van der Waals surface area contributed by atoms with Crippen molar-refractivity contribution >= 4 is 23.1 Å². The lowest BCUT2D eigenvalue weighted by atomic mass is 9.92. The fraction of sp³-hybridized carbons (Fsp3) is 0.364. The van der Waals surface area contributed by atoms with Crippen molar-refractivity contribution in [1.82, 2.24) is 10.6 Å². The molecule has 7 heteroatoms. The van der Waals surface area contributed by atoms with Crippen molar-refractivity contribution in [3.05, 3.63) is 93.5 Å². The van der Waals surface area contributed by atoms with Crippen LogP contribution in [-0.4, -0.2) is 39.3 Å². The van der Waals surface area contributed by atoms with E-state index in [4.69, 9.17) is 25.8 Å². The Morgan fingerprint density at radius 3 is 2.55 bits per heavy atom. The number of carbonyl (C=O) groups is 1. The van der Waals surface area contributed by atoms with E-state index in [0.717, 1.165) is 48.3 Å². The van der Waals surface area contributed by atoms with E-state index in [1.807, 2.05) is 24.3 Å². The summed E-state index contributed by atoms with van der Waals surface area (Å²) in [6, 6.07) is 19.7. The number of hydrogen-bond donors (Lipinski definition) is 2. The van der Waals surface area contributed by atoms with Crippen molar-refractivity contribution in [1.29, 1.82) is 0 Å². The maximum Gasteiger partial charge on any atom is 0.249 e. The van der Waals surface area contributed by atoms with E-state index >= 15 is 0 Å². The molecule has 40 heavy (non-hydrogen) atoms. The van der Waals surface area contributed by atoms with Gasteiger partial charge in [-0.1, -0.05) is 41.9 Å². The normalized spacial score (nSPS) is 15.9. The van der Waals surface area contributed by atoms with Gasteiger partial charge in [-0.25, -0.2) is 0 Å². The van der Waals surface area contributed by atoms with E-state index in [9.17, 15) is 4.79 Å². The molecule has 2 N–H and O–H groups in total. The molecule has 0 bridgehead atoms. The van der Waals surface area contributed by atoms with Crippen molar-refractivity contribution in [3.8, 4) is 17.2 Å². The Morgan fingerprint density at radius 2 is 1.80 bits per heavy atom. The monoisotopic (exact) mass is 560 g/mol. The van der Waals surface area contributed by atoms with E-state index in [1.54, 1.807) is 25.3 Å². The molecule has 5 rings (SSSR count). The number of ether oxygens (including phenoxy) is 3. The predicted molar refractivity (Wildman–Crippen MR) is 159 cm³/mol. The van der Waals surface area contributed by atoms with Gasteiger partial charge in [0.15, 0.2) is 11.5 Å². The number of amides is 1. The van der Waals surface area contributed by atoms with Gasteiger partial charge in [-0.3, -0.25) is 4.79 Å². The van der Waals surface area contributed by atoms with E-state index in [2.05, 4.69) is 42.7 Å². The molecule has 1 atom stereocenters. The Balaban J connectivity index is 1.24. The van der Waals surface area contributed by atoms with Crippen LogP contribution in [0, 0.1) is 19.8 Å². The standard InChI is InChI=1S/C33H37ClN2O4/c1-21-5-4-6-27(22(21)2)32(24-7-8-24)36-33(37)29-20-35-16-15-28(29)23-9-12-26(13-10-23)39-17-18-40-30-14-11-25(34)19-31(30)38-3/h4-6,9-14,19,24,32,35H,7-8,15-18,20H2,1-3H3,(H,36,37). The third-order valence-electron chi connectivity index (χ3n) is 7.79. The van der Waals surface area contributed by atoms with E-state index in [1.165, 1.54) is 16.7 Å². The topological polar surface area (TPSA) is 68.8 Å². The lowest BCUT2D eigenvalue weighted by Crippen LogP contribution is -2.37. The van der Waals surface area contributed by atoms with E-state index < -0.39 is 0 Å². The summed E-state index contributed by atoms with van der Waals surface area (Å²) >= 11 is 6.02. The molecule has 3 aromatic carbocycles. The van der Waals surface area contributed by atoms with Gasteiger partial charge in [-0.15, -0.1) is 0 Å². The van der Waals surface area contributed by atoms with Crippen LogP contribution < -0.4 is 24.8 Å². The molecule has 2 aliphatic rings. The summed E-state index contributed by atoms with van der Waals surface area (Å²) in [7, 11) is 1.58. The van der Waals surface area contributed by atoms with Crippen LogP contribution in [0.5, 0.6) is 17.2 Å². The van der Waals surface area contributed by atoms with Crippen LogP contribution >= 0.6 is 11.6 Å². The van der Waals surface area contributed by atoms with Gasteiger partial charge >= 0.3 is 0 Å². The summed E-state index contributed by atoms with van der Waals surface area (Å²) in [5.41, 5.74) is 6.73. The third kappa shape index (κ3) is 6.62. The number of benzene rings is 3. The first-order valence-electron chi connectivity index (χ1n) is 13.9. The maximum atomic E-state index is 13.7. The minimum Gasteiger partial charge on any atom is -0.493 e. The minimum absolute atomic E-state index is 0.0232. The smallest absolute Gasteiger partial charge is 0.249 e. The molecule has 1 heterocycles. The molecular weight excluding hydrogens is 524 g/mol. The van der Waals surface area contributed by atoms with E-state index in [0.29, 0.717) is 42.2 Å². The fourth-order valence-electron chi connectivity index (χ4n) is 5.26. The Bertz CT molecular complexity index is 1380. The van der Waals surface area contributed by atoms with Crippen LogP contribution in [0.2, 0.25) is 5.02 Å². The number of rotatable bonds is 11. The van der Waals surface area contributed by atoms with Crippen molar-refractivity contribution in [2.24, 2.45) is 5.92 Å². The summed E-state index contributed by atoms with van der Waals surface area (Å²) in [4.78, 5) is 13.7. The summed E-state index contributed by atoms with van der Waals surface area (Å²) in [6.45, 7) is 6.45. The van der Waals surface area contributed by atoms with Crippen LogP contribution in [0.1, 0.15) is 47.6 Å². The lowest BCUT2D eigenvalue weighted by molar-refractivity contribution is -0.118. The quantitative estimate of drug-likeness (QED) is 0.264. The molecule has 0 radical (unpaired) electrons. The van der Waals surface area contributed by atoms with Gasteiger partial charge in [0, 0.05) is 23.2 Å². The second kappa shape index (κ2) is 12.8. The zero-order valence-electron chi connectivity index (χ0n) is 23.4. The number of nitrogens with one attached hydrogen (secondary N) is 2. The molecule has 0 saturated heterocycles. The van der Waals surface area contributed by atoms with Crippen molar-refractivity contribution in [3.63, 3.8) is 0 Å². The van der Waals surface area contributed by atoms with Crippen molar-refractivity contribution in [2.45, 2.75) is 39.2 Å². The summed E-state index contributed by atoms with van der Waals surface area (Å²) in [5, 5.41) is 7.39. The first-order chi connectivity index (χ1) is 19.4. The highest BCUT2D eigenvalue weighted by Crippen LogP contribution is 2.42. The predicted octanol–water partition coefficient (Wildman–Crippen LogP) is 6.44. The van der Waals surface area contributed by atoms with Crippen LogP contribution in [0.15, 0.2) is 66.2 Å². The molecular formula is C33H37ClN2O4. The number of aryl methyl sites for hydroxylation is 1. The highest BCUT2D eigenvalue weighted by molar-refractivity contribution is 6.30. The van der Waals surface area contributed by atoms with Crippen LogP contribution in [-0.2, 0) is 4.79 Å². The molecule has 0 spiro atoms. The average Bonchev–Trinajstić information content (AvgIpc) is 3.82. The lowest BCUT2D eigenvalue weighted by Gasteiger charge is -2.26. The first kappa shape index (κ1) is 28.1. The summed E-state index contributed by atoms with van der Waals surface area (Å²) in [5.74, 6) is 2.49.